The van der Waals surface area contributed by atoms with Gasteiger partial charge in [0.1, 0.15) is 5.82 Å². The summed E-state index contributed by atoms with van der Waals surface area (Å²) < 4.78 is 0. The van der Waals surface area contributed by atoms with Crippen LogP contribution in [0.25, 0.3) is 11.3 Å². The molecule has 3 N–H and O–H groups in total. The predicted octanol–water partition coefficient (Wildman–Crippen LogP) is 3.68. The van der Waals surface area contributed by atoms with Crippen LogP contribution in [-0.2, 0) is 6.42 Å². The molecule has 4 heteroatoms. The number of aromatic amines is 1. The number of nitrogens with two attached hydrogens (primary N) is 1. The van der Waals surface area contributed by atoms with E-state index in [0.717, 1.165) is 39.8 Å². The summed E-state index contributed by atoms with van der Waals surface area (Å²) in [6.45, 7) is 0. The minimum Gasteiger partial charge on any atom is -0.343 e. The number of imidazole rings is 1. The first-order valence-corrected chi connectivity index (χ1v) is 7.28. The summed E-state index contributed by atoms with van der Waals surface area (Å²) in [7, 11) is 0. The molecule has 0 fully saturated rings. The Bertz CT molecular complexity index is 808. The summed E-state index contributed by atoms with van der Waals surface area (Å²) in [5.74, 6) is 0.812. The van der Waals surface area contributed by atoms with Crippen molar-refractivity contribution in [1.82, 2.24) is 9.97 Å². The van der Waals surface area contributed by atoms with E-state index >= 15 is 0 Å². The molecule has 0 saturated heterocycles. The zero-order valence-corrected chi connectivity index (χ0v) is 12.1. The molecule has 1 atom stereocenters. The van der Waals surface area contributed by atoms with E-state index < -0.39 is 0 Å². The fraction of sp³-hybridized carbons (Fsp3) is 0.118. The maximum atomic E-state index is 6.31. The van der Waals surface area contributed by atoms with E-state index in [1.807, 2.05) is 48.5 Å². The lowest BCUT2D eigenvalue weighted by atomic mass is 10.1. The molecule has 2 aromatic carbocycles. The molecule has 1 aliphatic carbocycles. The fourth-order valence-corrected chi connectivity index (χ4v) is 3.07. The zero-order valence-electron chi connectivity index (χ0n) is 11.3. The maximum Gasteiger partial charge on any atom is 0.128 e. The molecule has 1 heterocycles. The predicted molar refractivity (Wildman–Crippen MR) is 84.3 cm³/mol. The normalized spacial score (nSPS) is 13.8. The van der Waals surface area contributed by atoms with Crippen molar-refractivity contribution in [2.45, 2.75) is 12.5 Å². The van der Waals surface area contributed by atoms with Crippen LogP contribution in [0.1, 0.15) is 28.7 Å². The van der Waals surface area contributed by atoms with Crippen molar-refractivity contribution in [2.24, 2.45) is 5.73 Å². The van der Waals surface area contributed by atoms with Crippen molar-refractivity contribution < 1.29 is 0 Å². The van der Waals surface area contributed by atoms with Crippen LogP contribution in [0.2, 0.25) is 5.02 Å². The van der Waals surface area contributed by atoms with Gasteiger partial charge >= 0.3 is 0 Å². The number of H-pyrrole nitrogens is 1. The Balaban J connectivity index is 1.74. The number of halogens is 1. The SMILES string of the molecule is NC(c1ccccc1)c1nc2c([nH]1)Cc1cc(Cl)ccc1-2. The van der Waals surface area contributed by atoms with E-state index in [0.29, 0.717) is 0 Å². The number of fused-ring (bicyclic) bond motifs is 3. The molecule has 3 nitrogen and oxygen atoms in total. The highest BCUT2D eigenvalue weighted by atomic mass is 35.5. The number of nitrogens with zero attached hydrogens (tertiary/aromatic N) is 1. The van der Waals surface area contributed by atoms with Crippen LogP contribution in [0.3, 0.4) is 0 Å². The Hall–Kier alpha value is -2.10. The van der Waals surface area contributed by atoms with Crippen molar-refractivity contribution in [2.75, 3.05) is 0 Å². The quantitative estimate of drug-likeness (QED) is 0.593. The third-order valence-electron chi connectivity index (χ3n) is 3.94. The molecule has 1 aromatic heterocycles. The lowest BCUT2D eigenvalue weighted by Gasteiger charge is -2.09. The van der Waals surface area contributed by atoms with Crippen LogP contribution in [-0.4, -0.2) is 9.97 Å². The summed E-state index contributed by atoms with van der Waals surface area (Å²) in [6, 6.07) is 15.7. The Morgan fingerprint density at radius 1 is 1.14 bits per heavy atom. The van der Waals surface area contributed by atoms with E-state index in [9.17, 15) is 0 Å². The Labute approximate surface area is 127 Å². The minimum absolute atomic E-state index is 0.229. The first-order valence-electron chi connectivity index (χ1n) is 6.90. The van der Waals surface area contributed by atoms with Crippen molar-refractivity contribution in [3.63, 3.8) is 0 Å². The lowest BCUT2D eigenvalue weighted by Crippen LogP contribution is -2.13. The monoisotopic (exact) mass is 295 g/mol. The molecule has 3 aromatic rings. The van der Waals surface area contributed by atoms with E-state index in [1.165, 1.54) is 5.56 Å². The van der Waals surface area contributed by atoms with Crippen molar-refractivity contribution >= 4 is 11.6 Å². The Morgan fingerprint density at radius 2 is 1.95 bits per heavy atom. The fourth-order valence-electron chi connectivity index (χ4n) is 2.88. The Morgan fingerprint density at radius 3 is 2.76 bits per heavy atom. The third kappa shape index (κ3) is 2.06. The number of nitrogens with one attached hydrogen (secondary N) is 1. The molecule has 4 rings (SSSR count). The lowest BCUT2D eigenvalue weighted by molar-refractivity contribution is 0.796. The average molecular weight is 296 g/mol. The molecule has 0 aliphatic heterocycles. The summed E-state index contributed by atoms with van der Waals surface area (Å²) >= 11 is 6.04. The van der Waals surface area contributed by atoms with Gasteiger partial charge in [0, 0.05) is 22.7 Å². The maximum absolute atomic E-state index is 6.31. The largest absolute Gasteiger partial charge is 0.343 e. The van der Waals surface area contributed by atoms with Gasteiger partial charge in [-0.05, 0) is 23.3 Å². The highest BCUT2D eigenvalue weighted by Gasteiger charge is 2.25. The number of benzene rings is 2. The zero-order chi connectivity index (χ0) is 14.4. The number of rotatable bonds is 2. The van der Waals surface area contributed by atoms with E-state index in [-0.39, 0.29) is 6.04 Å². The smallest absolute Gasteiger partial charge is 0.128 e. The summed E-state index contributed by atoms with van der Waals surface area (Å²) in [6.07, 6.45) is 0.833. The minimum atomic E-state index is -0.229. The van der Waals surface area contributed by atoms with Crippen molar-refractivity contribution in [1.29, 1.82) is 0 Å². The Kier molecular flexibility index (Phi) is 2.84. The second-order valence-electron chi connectivity index (χ2n) is 5.32. The van der Waals surface area contributed by atoms with Gasteiger partial charge in [0.05, 0.1) is 11.7 Å². The molecule has 1 aliphatic rings. The molecule has 0 radical (unpaired) electrons. The molecule has 0 saturated carbocycles. The molecule has 0 amide bonds. The van der Waals surface area contributed by atoms with Crippen LogP contribution in [0.15, 0.2) is 48.5 Å². The second-order valence-corrected chi connectivity index (χ2v) is 5.75. The van der Waals surface area contributed by atoms with Gasteiger partial charge in [-0.3, -0.25) is 0 Å². The second kappa shape index (κ2) is 4.72. The van der Waals surface area contributed by atoms with Gasteiger partial charge in [0.25, 0.3) is 0 Å². The summed E-state index contributed by atoms with van der Waals surface area (Å²) in [5, 5.41) is 0.764. The van der Waals surface area contributed by atoms with Gasteiger partial charge in [-0.15, -0.1) is 0 Å². The molecule has 0 bridgehead atoms. The molecule has 104 valence electrons. The molecule has 21 heavy (non-hydrogen) atoms. The van der Waals surface area contributed by atoms with Gasteiger partial charge in [-0.2, -0.15) is 0 Å². The highest BCUT2D eigenvalue weighted by Crippen LogP contribution is 2.37. The van der Waals surface area contributed by atoms with Gasteiger partial charge in [0.15, 0.2) is 0 Å². The van der Waals surface area contributed by atoms with Gasteiger partial charge in [-0.25, -0.2) is 4.98 Å². The molecular weight excluding hydrogens is 282 g/mol. The molecule has 0 spiro atoms. The van der Waals surface area contributed by atoms with Crippen LogP contribution in [0.4, 0.5) is 0 Å². The highest BCUT2D eigenvalue weighted by molar-refractivity contribution is 6.30. The number of hydrogen-bond acceptors (Lipinski definition) is 2. The van der Waals surface area contributed by atoms with Gasteiger partial charge in [0.2, 0.25) is 0 Å². The molecular formula is C17H14ClN3. The van der Waals surface area contributed by atoms with Crippen LogP contribution in [0.5, 0.6) is 0 Å². The molecule has 1 unspecified atom stereocenters. The third-order valence-corrected chi connectivity index (χ3v) is 4.18. The van der Waals surface area contributed by atoms with Crippen LogP contribution < -0.4 is 5.73 Å². The number of aromatic nitrogens is 2. The average Bonchev–Trinajstić information content (AvgIpc) is 3.04. The van der Waals surface area contributed by atoms with Crippen LogP contribution >= 0.6 is 11.6 Å². The van der Waals surface area contributed by atoms with Crippen molar-refractivity contribution in [3.05, 3.63) is 76.2 Å². The van der Waals surface area contributed by atoms with Crippen LogP contribution in [0, 0.1) is 0 Å². The summed E-state index contributed by atoms with van der Waals surface area (Å²) in [5.41, 5.74) is 11.9. The first-order chi connectivity index (χ1) is 10.2. The standard InChI is InChI=1S/C17H14ClN3/c18-12-6-7-13-11(8-12)9-14-16(13)21-17(20-14)15(19)10-4-2-1-3-5-10/h1-8,15H,9,19H2,(H,20,21). The van der Waals surface area contributed by atoms with E-state index in [1.54, 1.807) is 0 Å². The number of hydrogen-bond donors (Lipinski definition) is 2. The van der Waals surface area contributed by atoms with E-state index in [2.05, 4.69) is 4.98 Å². The van der Waals surface area contributed by atoms with Gasteiger partial charge in [-0.1, -0.05) is 48.0 Å². The van der Waals surface area contributed by atoms with Gasteiger partial charge < -0.3 is 10.7 Å². The summed E-state index contributed by atoms with van der Waals surface area (Å²) in [4.78, 5) is 8.09. The first kappa shape index (κ1) is 12.6. The van der Waals surface area contributed by atoms with Crippen molar-refractivity contribution in [3.8, 4) is 11.3 Å². The topological polar surface area (TPSA) is 54.7 Å². The van der Waals surface area contributed by atoms with E-state index in [4.69, 9.17) is 22.3 Å².